The molecule has 6 nitrogen and oxygen atoms in total. The predicted octanol–water partition coefficient (Wildman–Crippen LogP) is 3.92. The number of hydrogen-bond donors (Lipinski definition) is 1. The van der Waals surface area contributed by atoms with Crippen LogP contribution in [-0.2, 0) is 17.9 Å². The van der Waals surface area contributed by atoms with Gasteiger partial charge in [0.25, 0.3) is 5.91 Å². The normalized spacial score (nSPS) is 14.2. The van der Waals surface area contributed by atoms with Crippen LogP contribution >= 0.6 is 0 Å². The molecule has 0 atom stereocenters. The molecule has 1 aromatic heterocycles. The maximum Gasteiger partial charge on any atom is 0.273 e. The van der Waals surface area contributed by atoms with Crippen molar-refractivity contribution >= 4 is 11.8 Å². The topological polar surface area (TPSA) is 75.4 Å². The number of amides is 2. The lowest BCUT2D eigenvalue weighted by Gasteiger charge is -2.22. The van der Waals surface area contributed by atoms with Gasteiger partial charge >= 0.3 is 0 Å². The maximum absolute atomic E-state index is 12.9. The fourth-order valence-electron chi connectivity index (χ4n) is 3.75. The second-order valence-electron chi connectivity index (χ2n) is 7.46. The molecular weight excluding hydrogens is 354 g/mol. The average Bonchev–Trinajstić information content (AvgIpc) is 3.39. The van der Waals surface area contributed by atoms with Crippen LogP contribution in [0.4, 0.5) is 0 Å². The van der Waals surface area contributed by atoms with E-state index in [4.69, 9.17) is 4.52 Å². The molecule has 1 aliphatic carbocycles. The highest BCUT2D eigenvalue weighted by molar-refractivity contribution is 5.92. The predicted molar refractivity (Wildman–Crippen MR) is 106 cm³/mol. The van der Waals surface area contributed by atoms with Crippen LogP contribution in [0.25, 0.3) is 0 Å². The molecule has 28 heavy (non-hydrogen) atoms. The molecule has 0 aliphatic heterocycles. The standard InChI is InChI=1S/C22H29N3O3/c1-2-23-22(27)20-14-19(28-24-20)16-25(15-18-10-4-3-5-11-18)21(26)13-12-17-8-6-7-9-17/h3-5,10-11,14,17H,2,6-9,12-13,15-16H2,1H3,(H,23,27). The molecule has 1 aliphatic rings. The number of carbonyl (C=O) groups excluding carboxylic acids is 2. The summed E-state index contributed by atoms with van der Waals surface area (Å²) in [5.74, 6) is 1.05. The first-order valence-corrected chi connectivity index (χ1v) is 10.2. The second kappa shape index (κ2) is 10.1. The van der Waals surface area contributed by atoms with Crippen LogP contribution in [0.5, 0.6) is 0 Å². The Morgan fingerprint density at radius 1 is 1.18 bits per heavy atom. The van der Waals surface area contributed by atoms with E-state index in [2.05, 4.69) is 10.5 Å². The van der Waals surface area contributed by atoms with Gasteiger partial charge in [-0.3, -0.25) is 9.59 Å². The molecule has 150 valence electrons. The lowest BCUT2D eigenvalue weighted by Crippen LogP contribution is -2.30. The second-order valence-corrected chi connectivity index (χ2v) is 7.46. The van der Waals surface area contributed by atoms with Gasteiger partial charge < -0.3 is 14.7 Å². The number of benzene rings is 1. The van der Waals surface area contributed by atoms with Gasteiger partial charge in [0.1, 0.15) is 0 Å². The molecule has 0 radical (unpaired) electrons. The first kappa shape index (κ1) is 20.1. The Balaban J connectivity index is 1.66. The fourth-order valence-corrected chi connectivity index (χ4v) is 3.75. The Morgan fingerprint density at radius 3 is 2.64 bits per heavy atom. The largest absolute Gasteiger partial charge is 0.359 e. The number of nitrogens with one attached hydrogen (secondary N) is 1. The zero-order chi connectivity index (χ0) is 19.8. The Kier molecular flexibility index (Phi) is 7.23. The summed E-state index contributed by atoms with van der Waals surface area (Å²) >= 11 is 0. The summed E-state index contributed by atoms with van der Waals surface area (Å²) in [6.07, 6.45) is 6.55. The molecule has 2 aromatic rings. The van der Waals surface area contributed by atoms with Crippen molar-refractivity contribution < 1.29 is 14.1 Å². The number of nitrogens with zero attached hydrogens (tertiary/aromatic N) is 2. The van der Waals surface area contributed by atoms with Gasteiger partial charge in [-0.15, -0.1) is 0 Å². The Morgan fingerprint density at radius 2 is 1.93 bits per heavy atom. The summed E-state index contributed by atoms with van der Waals surface area (Å²) < 4.78 is 5.32. The van der Waals surface area contributed by atoms with Gasteiger partial charge in [0.05, 0.1) is 6.54 Å². The molecular formula is C22H29N3O3. The molecule has 1 N–H and O–H groups in total. The van der Waals surface area contributed by atoms with Crippen LogP contribution in [0, 0.1) is 5.92 Å². The van der Waals surface area contributed by atoms with Gasteiger partial charge in [-0.1, -0.05) is 61.2 Å². The van der Waals surface area contributed by atoms with E-state index in [0.717, 1.165) is 12.0 Å². The third-order valence-corrected chi connectivity index (χ3v) is 5.29. The zero-order valence-corrected chi connectivity index (χ0v) is 16.5. The van der Waals surface area contributed by atoms with E-state index in [1.54, 1.807) is 11.0 Å². The van der Waals surface area contributed by atoms with Gasteiger partial charge in [0.15, 0.2) is 11.5 Å². The van der Waals surface area contributed by atoms with E-state index in [0.29, 0.717) is 37.7 Å². The number of hydrogen-bond acceptors (Lipinski definition) is 4. The molecule has 0 spiro atoms. The van der Waals surface area contributed by atoms with Crippen molar-refractivity contribution in [3.05, 3.63) is 53.4 Å². The first-order valence-electron chi connectivity index (χ1n) is 10.2. The molecule has 1 fully saturated rings. The molecule has 1 saturated carbocycles. The minimum absolute atomic E-state index is 0.117. The molecule has 0 saturated heterocycles. The average molecular weight is 383 g/mol. The van der Waals surface area contributed by atoms with Gasteiger partial charge in [0.2, 0.25) is 5.91 Å². The monoisotopic (exact) mass is 383 g/mol. The highest BCUT2D eigenvalue weighted by Gasteiger charge is 2.21. The van der Waals surface area contributed by atoms with Crippen molar-refractivity contribution in [2.45, 2.75) is 58.5 Å². The fraction of sp³-hybridized carbons (Fsp3) is 0.500. The van der Waals surface area contributed by atoms with Crippen LogP contribution < -0.4 is 5.32 Å². The third-order valence-electron chi connectivity index (χ3n) is 5.29. The van der Waals surface area contributed by atoms with E-state index in [-0.39, 0.29) is 17.5 Å². The molecule has 3 rings (SSSR count). The van der Waals surface area contributed by atoms with E-state index >= 15 is 0 Å². The quantitative estimate of drug-likeness (QED) is 0.712. The maximum atomic E-state index is 12.9. The zero-order valence-electron chi connectivity index (χ0n) is 16.5. The lowest BCUT2D eigenvalue weighted by atomic mass is 10.0. The van der Waals surface area contributed by atoms with Crippen LogP contribution in [-0.4, -0.2) is 28.4 Å². The van der Waals surface area contributed by atoms with Crippen molar-refractivity contribution in [1.29, 1.82) is 0 Å². The van der Waals surface area contributed by atoms with Gasteiger partial charge in [-0.25, -0.2) is 0 Å². The van der Waals surface area contributed by atoms with Crippen molar-refractivity contribution in [2.24, 2.45) is 5.92 Å². The van der Waals surface area contributed by atoms with Crippen LogP contribution in [0.1, 0.15) is 67.3 Å². The van der Waals surface area contributed by atoms with Crippen molar-refractivity contribution in [3.63, 3.8) is 0 Å². The smallest absolute Gasteiger partial charge is 0.273 e. The Labute approximate surface area is 166 Å². The molecule has 0 unspecified atom stereocenters. The van der Waals surface area contributed by atoms with Crippen LogP contribution in [0.2, 0.25) is 0 Å². The highest BCUT2D eigenvalue weighted by Crippen LogP contribution is 2.29. The minimum atomic E-state index is -0.264. The summed E-state index contributed by atoms with van der Waals surface area (Å²) in [5.41, 5.74) is 1.31. The lowest BCUT2D eigenvalue weighted by molar-refractivity contribution is -0.133. The van der Waals surface area contributed by atoms with Crippen molar-refractivity contribution in [1.82, 2.24) is 15.4 Å². The summed E-state index contributed by atoms with van der Waals surface area (Å²) in [5, 5.41) is 6.54. The van der Waals surface area contributed by atoms with Crippen LogP contribution in [0.15, 0.2) is 40.9 Å². The van der Waals surface area contributed by atoms with E-state index in [1.165, 1.54) is 25.7 Å². The molecule has 1 aromatic carbocycles. The summed E-state index contributed by atoms with van der Waals surface area (Å²) in [6.45, 7) is 3.21. The SMILES string of the molecule is CCNC(=O)c1cc(CN(Cc2ccccc2)C(=O)CCC2CCCC2)on1. The highest BCUT2D eigenvalue weighted by atomic mass is 16.5. The summed E-state index contributed by atoms with van der Waals surface area (Å²) in [4.78, 5) is 26.6. The molecule has 2 amide bonds. The minimum Gasteiger partial charge on any atom is -0.359 e. The van der Waals surface area contributed by atoms with Gasteiger partial charge in [-0.05, 0) is 24.8 Å². The van der Waals surface area contributed by atoms with Crippen molar-refractivity contribution in [3.8, 4) is 0 Å². The van der Waals surface area contributed by atoms with Gasteiger partial charge in [-0.2, -0.15) is 0 Å². The summed E-state index contributed by atoms with van der Waals surface area (Å²) in [7, 11) is 0. The van der Waals surface area contributed by atoms with E-state index in [1.807, 2.05) is 37.3 Å². The summed E-state index contributed by atoms with van der Waals surface area (Å²) in [6, 6.07) is 11.5. The number of rotatable bonds is 9. The van der Waals surface area contributed by atoms with Crippen molar-refractivity contribution in [2.75, 3.05) is 6.54 Å². The molecule has 0 bridgehead atoms. The Hall–Kier alpha value is -2.63. The number of aromatic nitrogens is 1. The molecule has 1 heterocycles. The van der Waals surface area contributed by atoms with E-state index in [9.17, 15) is 9.59 Å². The molecule has 6 heteroatoms. The third kappa shape index (κ3) is 5.68. The first-order chi connectivity index (χ1) is 13.7. The number of carbonyl (C=O) groups is 2. The van der Waals surface area contributed by atoms with Crippen LogP contribution in [0.3, 0.4) is 0 Å². The van der Waals surface area contributed by atoms with E-state index < -0.39 is 0 Å². The Bertz CT molecular complexity index is 766. The van der Waals surface area contributed by atoms with Gasteiger partial charge in [0, 0.05) is 25.6 Å².